The van der Waals surface area contributed by atoms with Crippen LogP contribution in [0.25, 0.3) is 0 Å². The topological polar surface area (TPSA) is 125 Å². The normalized spacial score (nSPS) is 35.4. The second-order valence-electron chi connectivity index (χ2n) is 8.86. The number of carbonyl (C=O) groups is 2. The summed E-state index contributed by atoms with van der Waals surface area (Å²) in [4.78, 5) is 23.9. The zero-order valence-electron chi connectivity index (χ0n) is 16.3. The number of halogens is 2. The van der Waals surface area contributed by atoms with Crippen LogP contribution in [0.2, 0.25) is 0 Å². The first-order valence-electron chi connectivity index (χ1n) is 9.91. The van der Waals surface area contributed by atoms with Crippen LogP contribution in [0.5, 0.6) is 0 Å². The van der Waals surface area contributed by atoms with Gasteiger partial charge in [-0.05, 0) is 44.9 Å². The summed E-state index contributed by atoms with van der Waals surface area (Å²) in [5, 5.41) is -5.11. The van der Waals surface area contributed by atoms with E-state index in [-0.39, 0.29) is 11.8 Å². The first-order chi connectivity index (χ1) is 13.9. The zero-order valence-corrected chi connectivity index (χ0v) is 17.2. The van der Waals surface area contributed by atoms with E-state index in [2.05, 4.69) is 4.74 Å². The molecule has 4 bridgehead atoms. The van der Waals surface area contributed by atoms with Crippen molar-refractivity contribution in [2.75, 3.05) is 19.8 Å². The molecule has 5 rings (SSSR count). The van der Waals surface area contributed by atoms with E-state index in [0.29, 0.717) is 38.4 Å². The van der Waals surface area contributed by atoms with Crippen LogP contribution in [0.4, 0.5) is 8.78 Å². The summed E-state index contributed by atoms with van der Waals surface area (Å²) < 4.78 is 78.1. The van der Waals surface area contributed by atoms with Gasteiger partial charge in [-0.15, -0.1) is 0 Å². The summed E-state index contributed by atoms with van der Waals surface area (Å²) in [7, 11) is -5.96. The number of hydrogen-bond donors (Lipinski definition) is 1. The third-order valence-electron chi connectivity index (χ3n) is 6.76. The lowest BCUT2D eigenvalue weighted by molar-refractivity contribution is -0.315. The lowest BCUT2D eigenvalue weighted by atomic mass is 9.51. The van der Waals surface area contributed by atoms with E-state index in [9.17, 15) is 26.8 Å². The molecule has 30 heavy (non-hydrogen) atoms. The van der Waals surface area contributed by atoms with Crippen LogP contribution < -0.4 is 0 Å². The van der Waals surface area contributed by atoms with Crippen molar-refractivity contribution in [1.82, 2.24) is 0 Å². The average molecular weight is 454 g/mol. The van der Waals surface area contributed by atoms with Gasteiger partial charge in [0.2, 0.25) is 0 Å². The number of carbonyl (C=O) groups excluding carboxylic acids is 2. The maximum atomic E-state index is 13.3. The Kier molecular flexibility index (Phi) is 5.15. The van der Waals surface area contributed by atoms with E-state index in [1.54, 1.807) is 0 Å². The molecule has 0 aromatic rings. The highest BCUT2D eigenvalue weighted by molar-refractivity contribution is 7.87. The Morgan fingerprint density at radius 1 is 1.17 bits per heavy atom. The van der Waals surface area contributed by atoms with Crippen molar-refractivity contribution in [1.29, 1.82) is 0 Å². The van der Waals surface area contributed by atoms with Crippen molar-refractivity contribution in [3.63, 3.8) is 0 Å². The van der Waals surface area contributed by atoms with Crippen molar-refractivity contribution in [2.45, 2.75) is 55.7 Å². The van der Waals surface area contributed by atoms with Gasteiger partial charge in [-0.3, -0.25) is 9.35 Å². The number of hydrogen-bond acceptors (Lipinski definition) is 8. The molecule has 0 aromatic carbocycles. The molecular weight excluding hydrogens is 430 g/mol. The predicted molar refractivity (Wildman–Crippen MR) is 93.6 cm³/mol. The Hall–Kier alpha value is -1.37. The third-order valence-corrected chi connectivity index (χ3v) is 7.57. The van der Waals surface area contributed by atoms with Gasteiger partial charge in [0.05, 0.1) is 19.1 Å². The molecule has 3 unspecified atom stereocenters. The first kappa shape index (κ1) is 21.8. The highest BCUT2D eigenvalue weighted by atomic mass is 32.2. The molecule has 170 valence electrons. The summed E-state index contributed by atoms with van der Waals surface area (Å²) in [6.45, 7) is 1.61. The van der Waals surface area contributed by atoms with Crippen LogP contribution >= 0.6 is 0 Å². The smallest absolute Gasteiger partial charge is 0.459 e. The minimum absolute atomic E-state index is 0.112. The van der Waals surface area contributed by atoms with Crippen LogP contribution in [0.3, 0.4) is 0 Å². The third kappa shape index (κ3) is 3.41. The molecule has 4 saturated carbocycles. The van der Waals surface area contributed by atoms with Gasteiger partial charge in [-0.2, -0.15) is 17.2 Å². The van der Waals surface area contributed by atoms with Gasteiger partial charge < -0.3 is 18.9 Å². The molecular formula is C18H24F2O9S. The Balaban J connectivity index is 1.37. The van der Waals surface area contributed by atoms with Crippen LogP contribution in [-0.4, -0.2) is 61.4 Å². The monoisotopic (exact) mass is 454 g/mol. The summed E-state index contributed by atoms with van der Waals surface area (Å²) in [5.41, 5.74) is -0.690. The molecule has 0 amide bonds. The number of rotatable bonds is 6. The predicted octanol–water partition coefficient (Wildman–Crippen LogP) is 1.51. The van der Waals surface area contributed by atoms with Gasteiger partial charge >= 0.3 is 27.3 Å². The van der Waals surface area contributed by atoms with Crippen LogP contribution in [0, 0.1) is 23.7 Å². The highest BCUT2D eigenvalue weighted by Crippen LogP contribution is 2.63. The van der Waals surface area contributed by atoms with Gasteiger partial charge in [0, 0.05) is 11.8 Å². The fraction of sp³-hybridized carbons (Fsp3) is 0.889. The van der Waals surface area contributed by atoms with Gasteiger partial charge in [0.15, 0.2) is 5.79 Å². The van der Waals surface area contributed by atoms with Crippen LogP contribution in [0.1, 0.15) is 39.0 Å². The Labute approximate surface area is 172 Å². The van der Waals surface area contributed by atoms with Crippen molar-refractivity contribution in [3.8, 4) is 0 Å². The minimum atomic E-state index is -5.96. The van der Waals surface area contributed by atoms with E-state index in [1.165, 1.54) is 6.92 Å². The standard InChI is InChI=1S/C18H24F2O9S/c1-10(9-26-15(22)18(19,20)30(23,24)25)14(21)29-16-6-11-4-12(7-16)17(13(5-11)8-16)27-2-3-28-17/h10-13H,2-9H2,1H3,(H,23,24,25). The SMILES string of the molecule is CC(COC(=O)C(F)(F)S(=O)(=O)O)C(=O)OC12CC3CC(C1)C1(OCCO1)C(C3)C2. The zero-order chi connectivity index (χ0) is 21.9. The molecule has 3 atom stereocenters. The van der Waals surface area contributed by atoms with Gasteiger partial charge in [-0.25, -0.2) is 4.79 Å². The molecule has 12 heteroatoms. The molecule has 1 saturated heterocycles. The average Bonchev–Trinajstić information content (AvgIpc) is 3.13. The summed E-state index contributed by atoms with van der Waals surface area (Å²) in [5.74, 6) is -4.25. The van der Waals surface area contributed by atoms with Gasteiger partial charge in [0.25, 0.3) is 0 Å². The van der Waals surface area contributed by atoms with Crippen molar-refractivity contribution in [3.05, 3.63) is 0 Å². The molecule has 1 aliphatic heterocycles. The van der Waals surface area contributed by atoms with Crippen molar-refractivity contribution in [2.24, 2.45) is 23.7 Å². The molecule has 1 spiro atoms. The maximum Gasteiger partial charge on any atom is 0.465 e. The Morgan fingerprint density at radius 2 is 1.73 bits per heavy atom. The molecule has 1 heterocycles. The lowest BCUT2D eigenvalue weighted by Gasteiger charge is -2.62. The van der Waals surface area contributed by atoms with Crippen LogP contribution in [0.15, 0.2) is 0 Å². The quantitative estimate of drug-likeness (QED) is 0.469. The van der Waals surface area contributed by atoms with Crippen molar-refractivity contribution >= 4 is 22.1 Å². The van der Waals surface area contributed by atoms with Gasteiger partial charge in [-0.1, -0.05) is 0 Å². The number of esters is 2. The summed E-state index contributed by atoms with van der Waals surface area (Å²) in [6.07, 6.45) is 3.74. The second-order valence-corrected chi connectivity index (χ2v) is 10.3. The van der Waals surface area contributed by atoms with E-state index >= 15 is 0 Å². The minimum Gasteiger partial charge on any atom is -0.459 e. The van der Waals surface area contributed by atoms with Crippen molar-refractivity contribution < 1.29 is 50.3 Å². The molecule has 9 nitrogen and oxygen atoms in total. The first-order valence-corrected chi connectivity index (χ1v) is 11.4. The van der Waals surface area contributed by atoms with Crippen LogP contribution in [-0.2, 0) is 38.7 Å². The van der Waals surface area contributed by atoms with E-state index in [4.69, 9.17) is 18.8 Å². The number of alkyl halides is 2. The Morgan fingerprint density at radius 3 is 2.27 bits per heavy atom. The van der Waals surface area contributed by atoms with E-state index in [1.807, 2.05) is 0 Å². The molecule has 5 aliphatic rings. The highest BCUT2D eigenvalue weighted by Gasteiger charge is 2.66. The lowest BCUT2D eigenvalue weighted by Crippen LogP contribution is -2.65. The fourth-order valence-electron chi connectivity index (χ4n) is 5.67. The second kappa shape index (κ2) is 7.07. The maximum absolute atomic E-state index is 13.3. The van der Waals surface area contributed by atoms with E-state index < -0.39 is 51.2 Å². The summed E-state index contributed by atoms with van der Waals surface area (Å²) in [6, 6.07) is 0. The Bertz CT molecular complexity index is 819. The number of ether oxygens (including phenoxy) is 4. The fourth-order valence-corrected chi connectivity index (χ4v) is 5.94. The molecule has 5 fully saturated rings. The molecule has 0 radical (unpaired) electrons. The largest absolute Gasteiger partial charge is 0.465 e. The van der Waals surface area contributed by atoms with E-state index in [0.717, 1.165) is 12.8 Å². The molecule has 4 aliphatic carbocycles. The summed E-state index contributed by atoms with van der Waals surface area (Å²) >= 11 is 0. The molecule has 1 N–H and O–H groups in total. The molecule has 0 aromatic heterocycles. The van der Waals surface area contributed by atoms with Gasteiger partial charge in [0.1, 0.15) is 12.2 Å².